The van der Waals surface area contributed by atoms with Gasteiger partial charge in [-0.25, -0.2) is 4.98 Å². The maximum atomic E-state index is 14.5. The minimum atomic E-state index is -1.32. The number of fused-ring (bicyclic) bond motifs is 1. The smallest absolute Gasteiger partial charge is 0.243 e. The summed E-state index contributed by atoms with van der Waals surface area (Å²) < 4.78 is -1.09. The van der Waals surface area contributed by atoms with Crippen LogP contribution in [0.3, 0.4) is 0 Å². The molecule has 2 aromatic heterocycles. The van der Waals surface area contributed by atoms with Gasteiger partial charge in [-0.2, -0.15) is 25.3 Å². The van der Waals surface area contributed by atoms with Gasteiger partial charge in [0.05, 0.1) is 6.33 Å². The molecule has 7 amide bonds. The first-order chi connectivity index (χ1) is 30.9. The number of nitrogens with two attached hydrogens (primary N) is 3. The summed E-state index contributed by atoms with van der Waals surface area (Å²) in [6.45, 7) is 4.55. The summed E-state index contributed by atoms with van der Waals surface area (Å²) in [5, 5.41) is 17.0. The van der Waals surface area contributed by atoms with Crippen molar-refractivity contribution in [1.29, 1.82) is 0 Å². The zero-order valence-electron chi connectivity index (χ0n) is 36.4. The molecule has 0 saturated heterocycles. The first-order valence-electron chi connectivity index (χ1n) is 20.9. The number of primary amides is 1. The van der Waals surface area contributed by atoms with Gasteiger partial charge in [-0.05, 0) is 56.1 Å². The molecule has 0 aliphatic heterocycles. The molecule has 0 saturated carbocycles. The summed E-state index contributed by atoms with van der Waals surface area (Å²) in [6, 6.07) is 8.74. The molecule has 2 aromatic carbocycles. The number of rotatable bonds is 25. The second kappa shape index (κ2) is 24.5. The number of guanidine groups is 1. The number of aromatic amines is 2. The number of aromatic nitrogens is 3. The quantitative estimate of drug-likeness (QED) is 0.0174. The van der Waals surface area contributed by atoms with Crippen LogP contribution in [0.1, 0.15) is 56.9 Å². The van der Waals surface area contributed by atoms with Crippen molar-refractivity contribution < 1.29 is 33.6 Å². The van der Waals surface area contributed by atoms with Gasteiger partial charge in [0.25, 0.3) is 0 Å². The van der Waals surface area contributed by atoms with Crippen LogP contribution in [0, 0.1) is 0 Å². The number of benzene rings is 2. The summed E-state index contributed by atoms with van der Waals surface area (Å²) >= 11 is 8.68. The Morgan fingerprint density at radius 3 is 1.83 bits per heavy atom. The van der Waals surface area contributed by atoms with Crippen molar-refractivity contribution in [2.75, 3.05) is 12.3 Å². The highest BCUT2D eigenvalue weighted by atomic mass is 32.1. The second-order valence-electron chi connectivity index (χ2n) is 16.0. The van der Waals surface area contributed by atoms with E-state index in [1.807, 2.05) is 24.3 Å². The lowest BCUT2D eigenvalue weighted by atomic mass is 9.99. The van der Waals surface area contributed by atoms with Crippen LogP contribution in [0.15, 0.2) is 78.3 Å². The number of imidazole rings is 1. The summed E-state index contributed by atoms with van der Waals surface area (Å²) in [5.41, 5.74) is 19.4. The zero-order chi connectivity index (χ0) is 47.7. The first-order valence-corrected chi connectivity index (χ1v) is 22.0. The normalized spacial score (nSPS) is 14.0. The van der Waals surface area contributed by atoms with Crippen molar-refractivity contribution in [3.8, 4) is 0 Å². The molecule has 0 spiro atoms. The topological polar surface area (TPSA) is 327 Å². The molecule has 4 rings (SSSR count). The van der Waals surface area contributed by atoms with E-state index in [9.17, 15) is 33.6 Å². The molecular formula is C43H59N13O7S2. The number of thiol groups is 2. The van der Waals surface area contributed by atoms with Gasteiger partial charge >= 0.3 is 0 Å². The number of para-hydroxylation sites is 1. The Bertz CT molecular complexity index is 2280. The van der Waals surface area contributed by atoms with Gasteiger partial charge in [-0.3, -0.25) is 38.6 Å². The lowest BCUT2D eigenvalue weighted by molar-refractivity contribution is -0.135. The molecule has 0 bridgehead atoms. The van der Waals surface area contributed by atoms with E-state index in [1.165, 1.54) is 19.4 Å². The van der Waals surface area contributed by atoms with Gasteiger partial charge in [0.1, 0.15) is 36.3 Å². The van der Waals surface area contributed by atoms with Gasteiger partial charge in [-0.1, -0.05) is 48.5 Å². The molecule has 350 valence electrons. The van der Waals surface area contributed by atoms with Gasteiger partial charge in [0.2, 0.25) is 41.4 Å². The Morgan fingerprint density at radius 2 is 1.26 bits per heavy atom. The molecule has 6 atom stereocenters. The van der Waals surface area contributed by atoms with Crippen LogP contribution in [0.5, 0.6) is 0 Å². The zero-order valence-corrected chi connectivity index (χ0v) is 38.2. The van der Waals surface area contributed by atoms with E-state index in [1.54, 1.807) is 50.4 Å². The van der Waals surface area contributed by atoms with Crippen molar-refractivity contribution in [2.45, 2.75) is 100 Å². The molecule has 0 aliphatic rings. The second-order valence-corrected chi connectivity index (χ2v) is 17.6. The third kappa shape index (κ3) is 16.2. The van der Waals surface area contributed by atoms with Gasteiger partial charge in [0, 0.05) is 66.5 Å². The molecule has 0 aliphatic carbocycles. The van der Waals surface area contributed by atoms with Crippen molar-refractivity contribution in [2.24, 2.45) is 22.2 Å². The Balaban J connectivity index is 1.67. The number of hydrogen-bond donors (Lipinski definition) is 13. The number of nitrogens with zero attached hydrogens (tertiary/aromatic N) is 2. The van der Waals surface area contributed by atoms with Crippen LogP contribution in [0.2, 0.25) is 0 Å². The average molecular weight is 934 g/mol. The van der Waals surface area contributed by atoms with Crippen LogP contribution in [0.25, 0.3) is 10.9 Å². The van der Waals surface area contributed by atoms with Crippen molar-refractivity contribution in [3.63, 3.8) is 0 Å². The molecule has 65 heavy (non-hydrogen) atoms. The van der Waals surface area contributed by atoms with E-state index in [0.29, 0.717) is 16.8 Å². The maximum absolute atomic E-state index is 14.5. The minimum Gasteiger partial charge on any atom is -0.370 e. The summed E-state index contributed by atoms with van der Waals surface area (Å²) in [7, 11) is 0. The predicted molar refractivity (Wildman–Crippen MR) is 252 cm³/mol. The number of carbonyl (C=O) groups excluding carboxylic acids is 7. The van der Waals surface area contributed by atoms with Gasteiger partial charge in [0.15, 0.2) is 5.96 Å². The Morgan fingerprint density at radius 1 is 0.708 bits per heavy atom. The Kier molecular flexibility index (Phi) is 19.3. The summed E-state index contributed by atoms with van der Waals surface area (Å²) in [6.07, 6.45) is 4.78. The maximum Gasteiger partial charge on any atom is 0.243 e. The summed E-state index contributed by atoms with van der Waals surface area (Å²) in [4.78, 5) is 109. The molecule has 4 aromatic rings. The number of nitrogens with one attached hydrogen (secondary N) is 8. The third-order valence-electron chi connectivity index (χ3n) is 10.2. The van der Waals surface area contributed by atoms with Crippen LogP contribution in [-0.4, -0.2) is 116 Å². The van der Waals surface area contributed by atoms with E-state index in [-0.39, 0.29) is 56.8 Å². The molecule has 0 radical (unpaired) electrons. The highest BCUT2D eigenvalue weighted by molar-refractivity contribution is 7.81. The molecule has 2 heterocycles. The fourth-order valence-electron chi connectivity index (χ4n) is 6.96. The molecule has 0 unspecified atom stereocenters. The van der Waals surface area contributed by atoms with Crippen molar-refractivity contribution in [3.05, 3.63) is 90.1 Å². The van der Waals surface area contributed by atoms with E-state index >= 15 is 0 Å². The Labute approximate surface area is 387 Å². The van der Waals surface area contributed by atoms with E-state index in [2.05, 4.69) is 77.1 Å². The van der Waals surface area contributed by atoms with Crippen LogP contribution in [0.4, 0.5) is 0 Å². The van der Waals surface area contributed by atoms with E-state index < -0.39 is 82.3 Å². The molecule has 20 nitrogen and oxygen atoms in total. The fourth-order valence-corrected chi connectivity index (χ4v) is 7.41. The number of aliphatic imine (C=N–C) groups is 1. The molecule has 14 N–H and O–H groups in total. The SMILES string of the molecule is CC(=O)N[C@@H](CCS)C(=O)N[C@@H](Cc1cnc[nH]1)C(=O)N[C@H](Cc1ccccc1)C(=O)N[C@@H](CCCN=C(N)N)C(=O)N[C@@H](Cc1c[nH]c2ccccc12)C(=O)N[C@H](C(N)=O)C(C)(C)S. The van der Waals surface area contributed by atoms with Gasteiger partial charge < -0.3 is 59.1 Å². The average Bonchev–Trinajstić information content (AvgIpc) is 3.92. The lowest BCUT2D eigenvalue weighted by Crippen LogP contribution is -2.61. The molecule has 22 heteroatoms. The fraction of sp³-hybridized carbons (Fsp3) is 0.419. The van der Waals surface area contributed by atoms with Gasteiger partial charge in [-0.15, -0.1) is 0 Å². The number of carbonyl (C=O) groups is 7. The van der Waals surface area contributed by atoms with Crippen molar-refractivity contribution in [1.82, 2.24) is 46.9 Å². The summed E-state index contributed by atoms with van der Waals surface area (Å²) in [5.74, 6) is -4.92. The number of H-pyrrole nitrogens is 2. The largest absolute Gasteiger partial charge is 0.370 e. The number of hydrogen-bond acceptors (Lipinski definition) is 11. The van der Waals surface area contributed by atoms with Crippen molar-refractivity contribution >= 4 is 83.5 Å². The minimum absolute atomic E-state index is 0.0243. The van der Waals surface area contributed by atoms with Crippen LogP contribution in [-0.2, 0) is 52.8 Å². The van der Waals surface area contributed by atoms with Crippen LogP contribution >= 0.6 is 25.3 Å². The molecular weight excluding hydrogens is 875 g/mol. The number of amides is 7. The van der Waals surface area contributed by atoms with Crippen LogP contribution < -0.4 is 49.1 Å². The lowest BCUT2D eigenvalue weighted by Gasteiger charge is -2.30. The first kappa shape index (κ1) is 51.1. The monoisotopic (exact) mass is 933 g/mol. The Hall–Kier alpha value is -6.55. The highest BCUT2D eigenvalue weighted by Gasteiger charge is 2.36. The standard InChI is InChI=1S/C43H59N13O7S2/c1-24(57)51-31(15-17-64)38(60)55-34(20-27-22-47-23-50-27)40(62)53-32(18-25-10-5-4-6-11-25)39(61)52-30(14-9-16-48-42(45)46)37(59)54-33(41(63)56-35(36(44)58)43(2,3)65)19-26-21-49-29-13-8-7-12-28(26)29/h4-8,10-13,21-23,30-35,49,64-65H,9,14-20H2,1-3H3,(H2,44,58)(H,47,50)(H,51,57)(H,52,61)(H,53,62)(H,54,59)(H,55,60)(H,56,63)(H4,45,46,48)/t30-,31-,32+,33-,34-,35+/m0/s1. The predicted octanol–water partition coefficient (Wildman–Crippen LogP) is -0.585. The highest BCUT2D eigenvalue weighted by Crippen LogP contribution is 2.21. The van der Waals surface area contributed by atoms with E-state index in [0.717, 1.165) is 10.9 Å². The third-order valence-corrected chi connectivity index (χ3v) is 10.7. The molecule has 0 fully saturated rings. The van der Waals surface area contributed by atoms with E-state index in [4.69, 9.17) is 17.2 Å².